The number of nitrogens with zero attached hydrogens (tertiary/aromatic N) is 3. The van der Waals surface area contributed by atoms with Gasteiger partial charge in [-0.3, -0.25) is 4.79 Å². The van der Waals surface area contributed by atoms with Gasteiger partial charge in [-0.1, -0.05) is 6.92 Å². The highest BCUT2D eigenvalue weighted by molar-refractivity contribution is 7.89. The summed E-state index contributed by atoms with van der Waals surface area (Å²) in [6.45, 7) is 4.19. The van der Waals surface area contributed by atoms with Gasteiger partial charge in [-0.2, -0.15) is 9.29 Å². The summed E-state index contributed by atoms with van der Waals surface area (Å²) in [4.78, 5) is 19.9. The van der Waals surface area contributed by atoms with Crippen molar-refractivity contribution in [1.82, 2.24) is 14.3 Å². The number of sulfonamides is 1. The van der Waals surface area contributed by atoms with E-state index >= 15 is 0 Å². The van der Waals surface area contributed by atoms with Crippen molar-refractivity contribution in [1.29, 1.82) is 0 Å². The predicted molar refractivity (Wildman–Crippen MR) is 111 cm³/mol. The molecule has 1 aliphatic rings. The number of nitrogens with one attached hydrogen (secondary N) is 1. The van der Waals surface area contributed by atoms with E-state index < -0.39 is 10.0 Å². The van der Waals surface area contributed by atoms with Crippen LogP contribution in [0.3, 0.4) is 0 Å². The monoisotopic (exact) mass is 434 g/mol. The number of ether oxygens (including phenoxy) is 2. The van der Waals surface area contributed by atoms with Crippen molar-refractivity contribution in [3.05, 3.63) is 36.0 Å². The second-order valence-electron chi connectivity index (χ2n) is 6.98. The molecule has 0 saturated carbocycles. The Labute approximate surface area is 176 Å². The van der Waals surface area contributed by atoms with Gasteiger partial charge in [-0.15, -0.1) is 0 Å². The minimum Gasteiger partial charge on any atom is -0.474 e. The molecule has 1 aromatic carbocycles. The summed E-state index contributed by atoms with van der Waals surface area (Å²) in [5.41, 5.74) is 1.18. The van der Waals surface area contributed by atoms with Crippen LogP contribution in [0, 0.1) is 6.92 Å². The normalized spacial score (nSPS) is 15.6. The number of anilines is 1. The zero-order chi connectivity index (χ0) is 21.7. The Balaban J connectivity index is 1.65. The number of aromatic nitrogens is 2. The molecule has 3 rings (SSSR count). The highest BCUT2D eigenvalue weighted by Crippen LogP contribution is 2.27. The smallest absolute Gasteiger partial charge is 0.319 e. The van der Waals surface area contributed by atoms with Gasteiger partial charge in [0, 0.05) is 37.5 Å². The van der Waals surface area contributed by atoms with Gasteiger partial charge >= 0.3 is 6.01 Å². The molecule has 1 amide bonds. The fraction of sp³-hybridized carbons (Fsp3) is 0.450. The van der Waals surface area contributed by atoms with Crippen LogP contribution in [0.1, 0.15) is 31.7 Å². The number of hydrogen-bond donors (Lipinski definition) is 1. The number of benzene rings is 1. The standard InChI is InChI=1S/C20H26N4O5S/c1-4-18(25)22-15-5-6-17(14(2)13-15)30(26,27)24-11-8-16(9-12-24)29-19-7-10-21-20(23-19)28-3/h5-7,10,13,16H,4,8-9,11-12H2,1-3H3,(H,22,25). The molecule has 0 atom stereocenters. The Morgan fingerprint density at radius 2 is 2.00 bits per heavy atom. The lowest BCUT2D eigenvalue weighted by molar-refractivity contribution is -0.115. The second kappa shape index (κ2) is 9.40. The lowest BCUT2D eigenvalue weighted by atomic mass is 10.1. The van der Waals surface area contributed by atoms with E-state index in [1.807, 2.05) is 0 Å². The molecular formula is C20H26N4O5S. The zero-order valence-corrected chi connectivity index (χ0v) is 18.1. The van der Waals surface area contributed by atoms with Gasteiger partial charge in [0.15, 0.2) is 0 Å². The fourth-order valence-corrected chi connectivity index (χ4v) is 4.93. The van der Waals surface area contributed by atoms with Crippen molar-refractivity contribution in [2.75, 3.05) is 25.5 Å². The fourth-order valence-electron chi connectivity index (χ4n) is 3.26. The van der Waals surface area contributed by atoms with Gasteiger partial charge in [0.2, 0.25) is 21.8 Å². The third-order valence-corrected chi connectivity index (χ3v) is 6.94. The van der Waals surface area contributed by atoms with Crippen molar-refractivity contribution in [2.24, 2.45) is 0 Å². The summed E-state index contributed by atoms with van der Waals surface area (Å²) >= 11 is 0. The van der Waals surface area contributed by atoms with Crippen molar-refractivity contribution in [2.45, 2.75) is 44.1 Å². The first-order valence-corrected chi connectivity index (χ1v) is 11.2. The molecule has 0 aliphatic carbocycles. The molecule has 1 N–H and O–H groups in total. The van der Waals surface area contributed by atoms with Crippen LogP contribution in [0.25, 0.3) is 0 Å². The summed E-state index contributed by atoms with van der Waals surface area (Å²) in [6, 6.07) is 6.71. The number of carbonyl (C=O) groups is 1. The highest BCUT2D eigenvalue weighted by atomic mass is 32.2. The molecule has 162 valence electrons. The van der Waals surface area contributed by atoms with Crippen LogP contribution in [-0.4, -0.2) is 54.9 Å². The Bertz CT molecular complexity index is 1000. The van der Waals surface area contributed by atoms with E-state index in [-0.39, 0.29) is 22.9 Å². The van der Waals surface area contributed by atoms with Crippen molar-refractivity contribution >= 4 is 21.6 Å². The van der Waals surface area contributed by atoms with Gasteiger partial charge in [0.25, 0.3) is 0 Å². The van der Waals surface area contributed by atoms with Crippen LogP contribution in [0.15, 0.2) is 35.4 Å². The van der Waals surface area contributed by atoms with Crippen LogP contribution >= 0.6 is 0 Å². The molecule has 1 fully saturated rings. The topological polar surface area (TPSA) is 111 Å². The van der Waals surface area contributed by atoms with Gasteiger partial charge < -0.3 is 14.8 Å². The number of hydrogen-bond acceptors (Lipinski definition) is 7. The molecular weight excluding hydrogens is 408 g/mol. The molecule has 9 nitrogen and oxygen atoms in total. The average molecular weight is 435 g/mol. The maximum Gasteiger partial charge on any atom is 0.319 e. The SMILES string of the molecule is CCC(=O)Nc1ccc(S(=O)(=O)N2CCC(Oc3ccnc(OC)n3)CC2)c(C)c1. The predicted octanol–water partition coefficient (Wildman–Crippen LogP) is 2.37. The molecule has 0 spiro atoms. The first-order chi connectivity index (χ1) is 14.3. The molecule has 0 bridgehead atoms. The molecule has 1 aromatic heterocycles. The molecule has 10 heteroatoms. The Kier molecular flexibility index (Phi) is 6.88. The van der Waals surface area contributed by atoms with E-state index in [9.17, 15) is 13.2 Å². The summed E-state index contributed by atoms with van der Waals surface area (Å²) in [6.07, 6.45) is 2.88. The number of rotatable bonds is 7. The van der Waals surface area contributed by atoms with Crippen LogP contribution in [-0.2, 0) is 14.8 Å². The maximum absolute atomic E-state index is 13.1. The molecule has 0 radical (unpaired) electrons. The van der Waals surface area contributed by atoms with Crippen molar-refractivity contribution < 1.29 is 22.7 Å². The molecule has 2 heterocycles. The molecule has 0 unspecified atom stereocenters. The second-order valence-corrected chi connectivity index (χ2v) is 8.89. The van der Waals surface area contributed by atoms with Gasteiger partial charge in [0.1, 0.15) is 6.10 Å². The number of aryl methyl sites for hydroxylation is 1. The molecule has 2 aromatic rings. The van der Waals surface area contributed by atoms with Crippen LogP contribution < -0.4 is 14.8 Å². The number of carbonyl (C=O) groups excluding carboxylic acids is 1. The molecule has 1 saturated heterocycles. The van der Waals surface area contributed by atoms with Gasteiger partial charge in [-0.05, 0) is 43.5 Å². The quantitative estimate of drug-likeness (QED) is 0.712. The lowest BCUT2D eigenvalue weighted by Gasteiger charge is -2.31. The van der Waals surface area contributed by atoms with E-state index in [1.54, 1.807) is 44.3 Å². The van der Waals surface area contributed by atoms with E-state index in [0.717, 1.165) is 0 Å². The summed E-state index contributed by atoms with van der Waals surface area (Å²) < 4.78 is 38.5. The van der Waals surface area contributed by atoms with Crippen LogP contribution in [0.5, 0.6) is 11.9 Å². The first-order valence-electron chi connectivity index (χ1n) is 9.78. The number of amides is 1. The Morgan fingerprint density at radius 1 is 1.27 bits per heavy atom. The van der Waals surface area contributed by atoms with E-state index in [2.05, 4.69) is 15.3 Å². The third-order valence-electron chi connectivity index (χ3n) is 4.88. The maximum atomic E-state index is 13.1. The Morgan fingerprint density at radius 3 is 2.63 bits per heavy atom. The summed E-state index contributed by atoms with van der Waals surface area (Å²) in [7, 11) is -2.15. The Hall–Kier alpha value is -2.72. The average Bonchev–Trinajstić information content (AvgIpc) is 2.74. The van der Waals surface area contributed by atoms with E-state index in [4.69, 9.17) is 9.47 Å². The van der Waals surface area contributed by atoms with E-state index in [0.29, 0.717) is 49.5 Å². The molecule has 1 aliphatic heterocycles. The number of methoxy groups -OCH3 is 1. The third kappa shape index (κ3) is 5.06. The highest BCUT2D eigenvalue weighted by Gasteiger charge is 2.31. The first kappa shape index (κ1) is 22.0. The molecule has 30 heavy (non-hydrogen) atoms. The minimum atomic E-state index is -3.63. The zero-order valence-electron chi connectivity index (χ0n) is 17.3. The van der Waals surface area contributed by atoms with E-state index in [1.165, 1.54) is 11.4 Å². The summed E-state index contributed by atoms with van der Waals surface area (Å²) in [5.74, 6) is 0.289. The van der Waals surface area contributed by atoms with Gasteiger partial charge in [0.05, 0.1) is 12.0 Å². The number of piperidine rings is 1. The van der Waals surface area contributed by atoms with Crippen LogP contribution in [0.4, 0.5) is 5.69 Å². The lowest BCUT2D eigenvalue weighted by Crippen LogP contribution is -2.42. The van der Waals surface area contributed by atoms with Gasteiger partial charge in [-0.25, -0.2) is 13.4 Å². The largest absolute Gasteiger partial charge is 0.474 e. The summed E-state index contributed by atoms with van der Waals surface area (Å²) in [5, 5.41) is 2.74. The van der Waals surface area contributed by atoms with Crippen molar-refractivity contribution in [3.8, 4) is 11.9 Å². The minimum absolute atomic E-state index is 0.117. The van der Waals surface area contributed by atoms with Crippen LogP contribution in [0.2, 0.25) is 0 Å². The van der Waals surface area contributed by atoms with Crippen molar-refractivity contribution in [3.63, 3.8) is 0 Å².